The molecule has 0 spiro atoms. The van der Waals surface area contributed by atoms with Gasteiger partial charge in [-0.25, -0.2) is 0 Å². The third-order valence-corrected chi connectivity index (χ3v) is 7.94. The van der Waals surface area contributed by atoms with Gasteiger partial charge in [0.05, 0.1) is 5.60 Å². The fourth-order valence-corrected chi connectivity index (χ4v) is 6.52. The Balaban J connectivity index is 1.74. The maximum atomic E-state index is 11.8. The fraction of sp³-hybridized carbons (Fsp3) is 0.842. The molecule has 1 N–H and O–H groups in total. The number of hydrogen-bond acceptors (Lipinski definition) is 2. The third kappa shape index (κ3) is 1.66. The molecule has 0 saturated heterocycles. The van der Waals surface area contributed by atoms with Crippen molar-refractivity contribution in [3.05, 3.63) is 11.6 Å². The predicted molar refractivity (Wildman–Crippen MR) is 82.8 cm³/mol. The molecule has 116 valence electrons. The number of allylic oxidation sites excluding steroid dienone is 1. The minimum absolute atomic E-state index is 0.149. The van der Waals surface area contributed by atoms with Gasteiger partial charge in [0.2, 0.25) is 0 Å². The molecule has 0 aromatic carbocycles. The van der Waals surface area contributed by atoms with Crippen LogP contribution in [0.3, 0.4) is 0 Å². The van der Waals surface area contributed by atoms with Crippen molar-refractivity contribution in [3.63, 3.8) is 0 Å². The van der Waals surface area contributed by atoms with Gasteiger partial charge in [-0.3, -0.25) is 4.79 Å². The van der Waals surface area contributed by atoms with Crippen LogP contribution in [0.4, 0.5) is 0 Å². The number of hydrogen-bond donors (Lipinski definition) is 1. The van der Waals surface area contributed by atoms with Crippen LogP contribution in [0.15, 0.2) is 11.6 Å². The van der Waals surface area contributed by atoms with E-state index in [9.17, 15) is 9.90 Å². The van der Waals surface area contributed by atoms with Crippen LogP contribution in [0.25, 0.3) is 0 Å². The van der Waals surface area contributed by atoms with Gasteiger partial charge >= 0.3 is 0 Å². The number of rotatable bonds is 0. The quantitative estimate of drug-likeness (QED) is 0.731. The van der Waals surface area contributed by atoms with Crippen molar-refractivity contribution < 1.29 is 9.90 Å². The first-order chi connectivity index (χ1) is 9.89. The van der Waals surface area contributed by atoms with Crippen molar-refractivity contribution in [2.75, 3.05) is 0 Å². The third-order valence-electron chi connectivity index (χ3n) is 7.94. The summed E-state index contributed by atoms with van der Waals surface area (Å²) in [4.78, 5) is 11.8. The number of carbonyl (C=O) groups is 1. The van der Waals surface area contributed by atoms with Gasteiger partial charge in [-0.1, -0.05) is 19.4 Å². The minimum atomic E-state index is -0.439. The molecule has 0 aliphatic heterocycles. The van der Waals surface area contributed by atoms with Crippen molar-refractivity contribution in [2.45, 2.75) is 77.2 Å². The van der Waals surface area contributed by atoms with Gasteiger partial charge in [0, 0.05) is 6.42 Å². The van der Waals surface area contributed by atoms with Gasteiger partial charge in [0.25, 0.3) is 0 Å². The second-order valence-corrected chi connectivity index (χ2v) is 8.68. The SMILES string of the molecule is CC12CCC(=O)C=C1CCC1C2CCC2(C)CCCC12O. The molecule has 3 saturated carbocycles. The molecular formula is C19H28O2. The first-order valence-corrected chi connectivity index (χ1v) is 8.85. The second-order valence-electron chi connectivity index (χ2n) is 8.68. The Bertz CT molecular complexity index is 522. The van der Waals surface area contributed by atoms with Gasteiger partial charge in [-0.2, -0.15) is 0 Å². The zero-order valence-electron chi connectivity index (χ0n) is 13.5. The van der Waals surface area contributed by atoms with Crippen molar-refractivity contribution >= 4 is 5.78 Å². The average Bonchev–Trinajstić information content (AvgIpc) is 2.75. The minimum Gasteiger partial charge on any atom is -0.389 e. The Morgan fingerprint density at radius 2 is 1.86 bits per heavy atom. The molecule has 2 heteroatoms. The topological polar surface area (TPSA) is 37.3 Å². The Morgan fingerprint density at radius 1 is 1.05 bits per heavy atom. The summed E-state index contributed by atoms with van der Waals surface area (Å²) in [7, 11) is 0. The van der Waals surface area contributed by atoms with Gasteiger partial charge in [0.1, 0.15) is 0 Å². The molecule has 4 aliphatic rings. The smallest absolute Gasteiger partial charge is 0.155 e. The standard InChI is InChI=1S/C19H28O2/c1-17-8-3-9-19(17,21)16-5-4-13-12-14(20)6-11-18(13,2)15(16)7-10-17/h12,15-16,21H,3-11H2,1-2H3. The lowest BCUT2D eigenvalue weighted by atomic mass is 9.46. The lowest BCUT2D eigenvalue weighted by Gasteiger charge is -2.60. The van der Waals surface area contributed by atoms with Gasteiger partial charge in [-0.05, 0) is 80.1 Å². The molecule has 4 rings (SSSR count). The molecule has 0 bridgehead atoms. The maximum absolute atomic E-state index is 11.8. The normalized spacial score (nSPS) is 52.7. The van der Waals surface area contributed by atoms with E-state index in [1.165, 1.54) is 31.3 Å². The van der Waals surface area contributed by atoms with E-state index in [2.05, 4.69) is 13.8 Å². The van der Waals surface area contributed by atoms with E-state index in [0.717, 1.165) is 25.7 Å². The lowest BCUT2D eigenvalue weighted by molar-refractivity contribution is -0.173. The molecule has 0 heterocycles. The van der Waals surface area contributed by atoms with Crippen molar-refractivity contribution in [1.82, 2.24) is 0 Å². The highest BCUT2D eigenvalue weighted by molar-refractivity contribution is 5.91. The number of carbonyl (C=O) groups excluding carboxylic acids is 1. The highest BCUT2D eigenvalue weighted by atomic mass is 16.3. The first-order valence-electron chi connectivity index (χ1n) is 8.85. The van der Waals surface area contributed by atoms with Crippen molar-refractivity contribution in [1.29, 1.82) is 0 Å². The largest absolute Gasteiger partial charge is 0.389 e. The summed E-state index contributed by atoms with van der Waals surface area (Å²) in [5.41, 5.74) is 1.28. The zero-order chi connectivity index (χ0) is 14.9. The second kappa shape index (κ2) is 4.22. The number of ketones is 1. The van der Waals surface area contributed by atoms with Crippen LogP contribution in [0.1, 0.15) is 71.6 Å². The van der Waals surface area contributed by atoms with Crippen LogP contribution in [-0.4, -0.2) is 16.5 Å². The van der Waals surface area contributed by atoms with E-state index in [1.54, 1.807) is 0 Å². The monoisotopic (exact) mass is 288 g/mol. The van der Waals surface area contributed by atoms with E-state index < -0.39 is 5.60 Å². The highest BCUT2D eigenvalue weighted by Gasteiger charge is 2.63. The summed E-state index contributed by atoms with van der Waals surface area (Å²) in [5, 5.41) is 11.5. The molecule has 5 atom stereocenters. The molecular weight excluding hydrogens is 260 g/mol. The van der Waals surface area contributed by atoms with Gasteiger partial charge in [-0.15, -0.1) is 0 Å². The molecule has 4 aliphatic carbocycles. The predicted octanol–water partition coefficient (Wildman–Crippen LogP) is 4.02. The first kappa shape index (κ1) is 14.0. The van der Waals surface area contributed by atoms with Crippen LogP contribution < -0.4 is 0 Å². The molecule has 2 nitrogen and oxygen atoms in total. The Morgan fingerprint density at radius 3 is 2.67 bits per heavy atom. The van der Waals surface area contributed by atoms with E-state index >= 15 is 0 Å². The van der Waals surface area contributed by atoms with Crippen LogP contribution in [-0.2, 0) is 4.79 Å². The average molecular weight is 288 g/mol. The Kier molecular flexibility index (Phi) is 2.81. The molecule has 0 amide bonds. The zero-order valence-corrected chi connectivity index (χ0v) is 13.5. The Hall–Kier alpha value is -0.630. The molecule has 0 radical (unpaired) electrons. The number of fused-ring (bicyclic) bond motifs is 5. The van der Waals surface area contributed by atoms with E-state index in [4.69, 9.17) is 0 Å². The fourth-order valence-electron chi connectivity index (χ4n) is 6.52. The molecule has 21 heavy (non-hydrogen) atoms. The van der Waals surface area contributed by atoms with Crippen molar-refractivity contribution in [3.8, 4) is 0 Å². The highest BCUT2D eigenvalue weighted by Crippen LogP contribution is 2.66. The summed E-state index contributed by atoms with van der Waals surface area (Å²) in [6.45, 7) is 4.71. The summed E-state index contributed by atoms with van der Waals surface area (Å²) < 4.78 is 0. The molecule has 0 aromatic rings. The van der Waals surface area contributed by atoms with E-state index in [1.807, 2.05) is 6.08 Å². The Labute approximate surface area is 128 Å². The van der Waals surface area contributed by atoms with Crippen LogP contribution in [0.2, 0.25) is 0 Å². The molecule has 0 aromatic heterocycles. The van der Waals surface area contributed by atoms with E-state index in [0.29, 0.717) is 24.0 Å². The van der Waals surface area contributed by atoms with Crippen molar-refractivity contribution in [2.24, 2.45) is 22.7 Å². The van der Waals surface area contributed by atoms with Gasteiger partial charge < -0.3 is 5.11 Å². The summed E-state index contributed by atoms with van der Waals surface area (Å²) in [6, 6.07) is 0. The number of aliphatic hydroxyl groups is 1. The van der Waals surface area contributed by atoms with Crippen LogP contribution in [0.5, 0.6) is 0 Å². The van der Waals surface area contributed by atoms with Crippen LogP contribution in [0, 0.1) is 22.7 Å². The summed E-state index contributed by atoms with van der Waals surface area (Å²) in [6.07, 6.45) is 11.6. The molecule has 5 unspecified atom stereocenters. The summed E-state index contributed by atoms with van der Waals surface area (Å²) >= 11 is 0. The maximum Gasteiger partial charge on any atom is 0.155 e. The van der Waals surface area contributed by atoms with Crippen LogP contribution >= 0.6 is 0 Å². The van der Waals surface area contributed by atoms with E-state index in [-0.39, 0.29) is 10.8 Å². The molecule has 3 fully saturated rings. The van der Waals surface area contributed by atoms with Gasteiger partial charge in [0.15, 0.2) is 5.78 Å². The summed E-state index contributed by atoms with van der Waals surface area (Å²) in [5.74, 6) is 1.36. The lowest BCUT2D eigenvalue weighted by Crippen LogP contribution is -2.59.